The fourth-order valence-electron chi connectivity index (χ4n) is 1.66. The van der Waals surface area contributed by atoms with Crippen molar-refractivity contribution in [2.24, 2.45) is 0 Å². The second-order valence-corrected chi connectivity index (χ2v) is 7.20. The van der Waals surface area contributed by atoms with Crippen LogP contribution in [-0.2, 0) is 33.3 Å². The predicted molar refractivity (Wildman–Crippen MR) is 79.1 cm³/mol. The minimum atomic E-state index is -0.902. The highest BCUT2D eigenvalue weighted by Crippen LogP contribution is 2.24. The molecule has 124 valence electrons. The molecule has 0 spiro atoms. The standard InChI is InChI=1S/C14H19BrO7/c1-8(16)20-7-11-12(21-9(2)17)10(5-6-19-11)22-13(18)14(3,4)15/h5-6,10-12H,7H2,1-4H3/t10-,11-,12+/m1/s1. The van der Waals surface area contributed by atoms with Gasteiger partial charge in [-0.05, 0) is 19.9 Å². The Morgan fingerprint density at radius 1 is 1.18 bits per heavy atom. The summed E-state index contributed by atoms with van der Waals surface area (Å²) in [6, 6.07) is 0. The van der Waals surface area contributed by atoms with Gasteiger partial charge in [0.1, 0.15) is 10.9 Å². The van der Waals surface area contributed by atoms with E-state index in [1.807, 2.05) is 0 Å². The molecule has 8 heteroatoms. The highest BCUT2D eigenvalue weighted by atomic mass is 79.9. The zero-order valence-corrected chi connectivity index (χ0v) is 14.4. The van der Waals surface area contributed by atoms with Gasteiger partial charge in [0.25, 0.3) is 0 Å². The van der Waals surface area contributed by atoms with Crippen molar-refractivity contribution in [3.8, 4) is 0 Å². The van der Waals surface area contributed by atoms with E-state index in [1.165, 1.54) is 26.2 Å². The first-order chi connectivity index (χ1) is 10.1. The summed E-state index contributed by atoms with van der Waals surface area (Å²) in [6.07, 6.45) is 0.305. The third-order valence-corrected chi connectivity index (χ3v) is 3.02. The fourth-order valence-corrected chi connectivity index (χ4v) is 1.75. The number of carbonyl (C=O) groups is 3. The molecule has 0 saturated heterocycles. The maximum Gasteiger partial charge on any atom is 0.323 e. The van der Waals surface area contributed by atoms with Crippen LogP contribution in [0.4, 0.5) is 0 Å². The zero-order chi connectivity index (χ0) is 16.9. The first kappa shape index (κ1) is 18.5. The van der Waals surface area contributed by atoms with Gasteiger partial charge in [-0.3, -0.25) is 14.4 Å². The zero-order valence-electron chi connectivity index (χ0n) is 12.8. The molecule has 22 heavy (non-hydrogen) atoms. The van der Waals surface area contributed by atoms with Crippen LogP contribution in [0.1, 0.15) is 27.7 Å². The number of hydrogen-bond acceptors (Lipinski definition) is 7. The number of ether oxygens (including phenoxy) is 4. The van der Waals surface area contributed by atoms with E-state index in [2.05, 4.69) is 15.9 Å². The molecule has 3 atom stereocenters. The van der Waals surface area contributed by atoms with E-state index in [0.29, 0.717) is 0 Å². The van der Waals surface area contributed by atoms with Gasteiger partial charge in [0.15, 0.2) is 18.3 Å². The van der Waals surface area contributed by atoms with Crippen LogP contribution in [-0.4, -0.2) is 47.2 Å². The predicted octanol–water partition coefficient (Wildman–Crippen LogP) is 1.48. The van der Waals surface area contributed by atoms with Gasteiger partial charge in [-0.15, -0.1) is 0 Å². The SMILES string of the molecule is CC(=O)OC[C@H]1OC=C[C@@H](OC(=O)C(C)(C)Br)[C@@H]1OC(C)=O. The van der Waals surface area contributed by atoms with Crippen molar-refractivity contribution in [2.45, 2.75) is 50.3 Å². The van der Waals surface area contributed by atoms with Gasteiger partial charge >= 0.3 is 17.9 Å². The Morgan fingerprint density at radius 2 is 1.82 bits per heavy atom. The molecule has 0 aliphatic carbocycles. The van der Waals surface area contributed by atoms with E-state index in [1.54, 1.807) is 13.8 Å². The average molecular weight is 379 g/mol. The van der Waals surface area contributed by atoms with Crippen molar-refractivity contribution in [2.75, 3.05) is 6.61 Å². The van der Waals surface area contributed by atoms with Crippen LogP contribution in [0.25, 0.3) is 0 Å². The highest BCUT2D eigenvalue weighted by molar-refractivity contribution is 9.10. The number of carbonyl (C=O) groups excluding carboxylic acids is 3. The fraction of sp³-hybridized carbons (Fsp3) is 0.643. The Bertz CT molecular complexity index is 466. The average Bonchev–Trinajstić information content (AvgIpc) is 2.37. The Morgan fingerprint density at radius 3 is 2.32 bits per heavy atom. The second-order valence-electron chi connectivity index (χ2n) is 5.22. The van der Waals surface area contributed by atoms with Crippen LogP contribution in [0.3, 0.4) is 0 Å². The molecule has 1 heterocycles. The Kier molecular flexibility index (Phi) is 6.40. The summed E-state index contributed by atoms with van der Waals surface area (Å²) in [7, 11) is 0. The lowest BCUT2D eigenvalue weighted by atomic mass is 10.1. The highest BCUT2D eigenvalue weighted by Gasteiger charge is 2.40. The third-order valence-electron chi connectivity index (χ3n) is 2.69. The van der Waals surface area contributed by atoms with E-state index in [4.69, 9.17) is 18.9 Å². The lowest BCUT2D eigenvalue weighted by molar-refractivity contribution is -0.180. The number of halogens is 1. The van der Waals surface area contributed by atoms with Gasteiger partial charge in [-0.1, -0.05) is 15.9 Å². The molecule has 1 aliphatic heterocycles. The maximum atomic E-state index is 12.0. The Hall–Kier alpha value is -1.57. The van der Waals surface area contributed by atoms with Crippen molar-refractivity contribution in [1.82, 2.24) is 0 Å². The van der Waals surface area contributed by atoms with Crippen molar-refractivity contribution >= 4 is 33.8 Å². The molecule has 1 aliphatic rings. The van der Waals surface area contributed by atoms with Gasteiger partial charge in [-0.2, -0.15) is 0 Å². The lowest BCUT2D eigenvalue weighted by Gasteiger charge is -2.34. The molecule has 1 rings (SSSR count). The summed E-state index contributed by atoms with van der Waals surface area (Å²) in [5.41, 5.74) is 0. The van der Waals surface area contributed by atoms with Crippen molar-refractivity contribution in [1.29, 1.82) is 0 Å². The van der Waals surface area contributed by atoms with E-state index < -0.39 is 40.5 Å². The number of hydrogen-bond donors (Lipinski definition) is 0. The molecule has 0 amide bonds. The molecule has 0 saturated carbocycles. The minimum Gasteiger partial charge on any atom is -0.491 e. The van der Waals surface area contributed by atoms with E-state index >= 15 is 0 Å². The smallest absolute Gasteiger partial charge is 0.323 e. The van der Waals surface area contributed by atoms with Crippen LogP contribution in [0, 0.1) is 0 Å². The van der Waals surface area contributed by atoms with Gasteiger partial charge < -0.3 is 18.9 Å². The van der Waals surface area contributed by atoms with Gasteiger partial charge in [-0.25, -0.2) is 0 Å². The maximum absolute atomic E-state index is 12.0. The van der Waals surface area contributed by atoms with Crippen LogP contribution in [0.2, 0.25) is 0 Å². The van der Waals surface area contributed by atoms with Crippen LogP contribution < -0.4 is 0 Å². The van der Waals surface area contributed by atoms with E-state index in [9.17, 15) is 14.4 Å². The molecule has 0 aromatic carbocycles. The van der Waals surface area contributed by atoms with E-state index in [0.717, 1.165) is 0 Å². The summed E-state index contributed by atoms with van der Waals surface area (Å²) in [6.45, 7) is 5.63. The van der Waals surface area contributed by atoms with Gasteiger partial charge in [0.05, 0.1) is 6.26 Å². The molecule has 7 nitrogen and oxygen atoms in total. The number of rotatable bonds is 5. The first-order valence-electron chi connectivity index (χ1n) is 6.64. The monoisotopic (exact) mass is 378 g/mol. The summed E-state index contributed by atoms with van der Waals surface area (Å²) >= 11 is 3.20. The Balaban J connectivity index is 2.85. The van der Waals surface area contributed by atoms with Crippen molar-refractivity contribution in [3.63, 3.8) is 0 Å². The quantitative estimate of drug-likeness (QED) is 0.406. The molecule has 0 unspecified atom stereocenters. The van der Waals surface area contributed by atoms with Gasteiger partial charge in [0, 0.05) is 13.8 Å². The summed E-state index contributed by atoms with van der Waals surface area (Å²) in [5.74, 6) is -1.57. The largest absolute Gasteiger partial charge is 0.491 e. The van der Waals surface area contributed by atoms with Gasteiger partial charge in [0.2, 0.25) is 0 Å². The third kappa shape index (κ3) is 5.67. The first-order valence-corrected chi connectivity index (χ1v) is 7.43. The number of esters is 3. The second kappa shape index (κ2) is 7.62. The Labute approximate surface area is 137 Å². The summed E-state index contributed by atoms with van der Waals surface area (Å²) < 4.78 is 19.8. The molecule has 0 fully saturated rings. The molecular formula is C14H19BrO7. The molecular weight excluding hydrogens is 360 g/mol. The van der Waals surface area contributed by atoms with Crippen LogP contribution >= 0.6 is 15.9 Å². The van der Waals surface area contributed by atoms with Crippen LogP contribution in [0.15, 0.2) is 12.3 Å². The molecule has 0 aromatic heterocycles. The summed E-state index contributed by atoms with van der Waals surface area (Å²) in [4.78, 5) is 34.1. The minimum absolute atomic E-state index is 0.122. The molecule has 0 N–H and O–H groups in total. The summed E-state index contributed by atoms with van der Waals surface area (Å²) in [5, 5.41) is 0. The van der Waals surface area contributed by atoms with E-state index in [-0.39, 0.29) is 6.61 Å². The normalized spacial score (nSPS) is 24.1. The number of alkyl halides is 1. The van der Waals surface area contributed by atoms with Crippen molar-refractivity contribution < 1.29 is 33.3 Å². The lowest BCUT2D eigenvalue weighted by Crippen LogP contribution is -2.48. The molecule has 0 aromatic rings. The topological polar surface area (TPSA) is 88.1 Å². The molecule has 0 bridgehead atoms. The van der Waals surface area contributed by atoms with Crippen molar-refractivity contribution in [3.05, 3.63) is 12.3 Å². The molecule has 0 radical (unpaired) electrons. The van der Waals surface area contributed by atoms with Crippen LogP contribution in [0.5, 0.6) is 0 Å².